The summed E-state index contributed by atoms with van der Waals surface area (Å²) in [4.78, 5) is 45.5. The van der Waals surface area contributed by atoms with Crippen molar-refractivity contribution in [2.75, 3.05) is 13.2 Å². The number of cyclic esters (lactones) is 2. The number of carbonyl (C=O) groups is 4. The second-order valence-electron chi connectivity index (χ2n) is 8.84. The van der Waals surface area contributed by atoms with Gasteiger partial charge in [-0.25, -0.2) is 0 Å². The molecule has 0 aromatic carbocycles. The Kier molecular flexibility index (Phi) is 3.73. The van der Waals surface area contributed by atoms with Gasteiger partial charge in [-0.2, -0.15) is 0 Å². The first-order valence-corrected chi connectivity index (χ1v) is 9.90. The number of esters is 3. The molecule has 1 aliphatic carbocycles. The maximum atomic E-state index is 11.7. The number of allylic oxidation sites excluding steroid dienone is 1. The van der Waals surface area contributed by atoms with Crippen LogP contribution in [0.2, 0.25) is 0 Å². The van der Waals surface area contributed by atoms with Crippen molar-refractivity contribution in [3.63, 3.8) is 0 Å². The number of ether oxygens (including phenoxy) is 4. The van der Waals surface area contributed by atoms with Gasteiger partial charge in [0.05, 0.1) is 18.9 Å². The van der Waals surface area contributed by atoms with Gasteiger partial charge in [0.1, 0.15) is 29.6 Å². The summed E-state index contributed by atoms with van der Waals surface area (Å²) >= 11 is 0. The molecule has 5 saturated heterocycles. The molecule has 156 valence electrons. The molecule has 1 spiro atoms. The van der Waals surface area contributed by atoms with E-state index in [1.165, 1.54) is 0 Å². The van der Waals surface area contributed by atoms with Crippen molar-refractivity contribution in [1.29, 1.82) is 0 Å². The van der Waals surface area contributed by atoms with E-state index in [1.807, 2.05) is 6.08 Å². The molecular weight excluding hydrogens is 384 g/mol. The number of carboxylic acids is 1. The molecule has 9 nitrogen and oxygen atoms in total. The van der Waals surface area contributed by atoms with Crippen LogP contribution in [0, 0.1) is 10.8 Å². The molecule has 3 unspecified atom stereocenters. The predicted molar refractivity (Wildman–Crippen MR) is 92.3 cm³/mol. The van der Waals surface area contributed by atoms with Gasteiger partial charge in [-0.05, 0) is 32.1 Å². The van der Waals surface area contributed by atoms with Gasteiger partial charge in [-0.1, -0.05) is 12.2 Å². The lowest BCUT2D eigenvalue weighted by Gasteiger charge is -2.33. The Hall–Kier alpha value is -2.42. The lowest BCUT2D eigenvalue weighted by atomic mass is 9.65. The second-order valence-corrected chi connectivity index (χ2v) is 8.84. The third-order valence-electron chi connectivity index (χ3n) is 7.45. The lowest BCUT2D eigenvalue weighted by Crippen LogP contribution is -2.47. The Morgan fingerprint density at radius 2 is 1.86 bits per heavy atom. The van der Waals surface area contributed by atoms with Crippen LogP contribution in [-0.4, -0.2) is 59.5 Å². The Morgan fingerprint density at radius 1 is 1.10 bits per heavy atom. The predicted octanol–water partition coefficient (Wildman–Crippen LogP) is 0.891. The van der Waals surface area contributed by atoms with Crippen LogP contribution in [-0.2, 0) is 38.1 Å². The van der Waals surface area contributed by atoms with E-state index < -0.39 is 28.0 Å². The molecule has 0 aromatic rings. The van der Waals surface area contributed by atoms with Crippen molar-refractivity contribution in [3.8, 4) is 0 Å². The fourth-order valence-electron chi connectivity index (χ4n) is 5.99. The first kappa shape index (κ1) is 18.6. The molecule has 5 fully saturated rings. The zero-order valence-electron chi connectivity index (χ0n) is 15.8. The van der Waals surface area contributed by atoms with E-state index in [-0.39, 0.29) is 50.1 Å². The molecule has 6 aliphatic rings. The van der Waals surface area contributed by atoms with Crippen LogP contribution < -0.4 is 0 Å². The van der Waals surface area contributed by atoms with Crippen LogP contribution >= 0.6 is 0 Å². The van der Waals surface area contributed by atoms with Crippen molar-refractivity contribution in [1.82, 2.24) is 0 Å². The minimum absolute atomic E-state index is 0.0530. The van der Waals surface area contributed by atoms with Gasteiger partial charge in [0.25, 0.3) is 0 Å². The average molecular weight is 406 g/mol. The zero-order chi connectivity index (χ0) is 20.5. The third-order valence-corrected chi connectivity index (χ3v) is 7.45. The van der Waals surface area contributed by atoms with Crippen LogP contribution in [0.25, 0.3) is 0 Å². The standard InChI is InChI=1S/C10H12O5.C10H10O4/c11-7(12)4-9-3-6-1-2-10(9,15-6)5-14-8(9)13;11-7-5-9-3-1-2-4-10(9,14-7)6-13-8(9)12/h6H,1-5H2,(H,11,12);1,3H,2,4-6H2/t;9-,10+/m.0/s1. The van der Waals surface area contributed by atoms with Crippen LogP contribution in [0.4, 0.5) is 0 Å². The van der Waals surface area contributed by atoms with Gasteiger partial charge in [0.2, 0.25) is 0 Å². The summed E-state index contributed by atoms with van der Waals surface area (Å²) in [5.41, 5.74) is -3.02. The number of hydrogen-bond donors (Lipinski definition) is 1. The summed E-state index contributed by atoms with van der Waals surface area (Å²) in [5.74, 6) is -1.93. The molecule has 6 rings (SSSR count). The highest BCUT2D eigenvalue weighted by atomic mass is 16.6. The molecule has 2 bridgehead atoms. The smallest absolute Gasteiger partial charge is 0.320 e. The Bertz CT molecular complexity index is 845. The number of fused-ring (bicyclic) bond motifs is 1. The molecule has 0 amide bonds. The zero-order valence-corrected chi connectivity index (χ0v) is 15.8. The van der Waals surface area contributed by atoms with E-state index in [0.29, 0.717) is 12.8 Å². The molecule has 1 N–H and O–H groups in total. The number of rotatable bonds is 2. The first-order chi connectivity index (χ1) is 13.8. The van der Waals surface area contributed by atoms with Crippen molar-refractivity contribution in [2.24, 2.45) is 10.8 Å². The molecule has 29 heavy (non-hydrogen) atoms. The summed E-state index contributed by atoms with van der Waals surface area (Å²) in [7, 11) is 0. The number of carboxylic acid groups (broad SMARTS) is 1. The third kappa shape index (κ3) is 2.25. The van der Waals surface area contributed by atoms with Crippen LogP contribution in [0.15, 0.2) is 12.2 Å². The number of aliphatic carboxylic acids is 1. The maximum absolute atomic E-state index is 11.7. The van der Waals surface area contributed by atoms with Crippen molar-refractivity contribution in [3.05, 3.63) is 12.2 Å². The highest BCUT2D eigenvalue weighted by molar-refractivity contribution is 5.92. The quantitative estimate of drug-likeness (QED) is 0.404. The van der Waals surface area contributed by atoms with Gasteiger partial charge in [0, 0.05) is 0 Å². The number of carbonyl (C=O) groups excluding carboxylic acids is 3. The van der Waals surface area contributed by atoms with Crippen LogP contribution in [0.3, 0.4) is 0 Å². The van der Waals surface area contributed by atoms with Crippen molar-refractivity contribution in [2.45, 2.75) is 62.3 Å². The number of hydrogen-bond acceptors (Lipinski definition) is 8. The minimum Gasteiger partial charge on any atom is -0.481 e. The van der Waals surface area contributed by atoms with E-state index in [1.54, 1.807) is 6.08 Å². The lowest BCUT2D eigenvalue weighted by molar-refractivity contribution is -0.154. The SMILES string of the molecule is O=C(O)CC12CC3CCC1(COC2=O)O3.O=C1C[C@]23C=CCC[C@]2(COC3=O)O1. The van der Waals surface area contributed by atoms with E-state index in [4.69, 9.17) is 24.1 Å². The largest absolute Gasteiger partial charge is 0.481 e. The van der Waals surface area contributed by atoms with Crippen molar-refractivity contribution >= 4 is 23.9 Å². The maximum Gasteiger partial charge on any atom is 0.320 e. The second kappa shape index (κ2) is 5.81. The molecule has 5 heterocycles. The van der Waals surface area contributed by atoms with E-state index in [0.717, 1.165) is 19.3 Å². The van der Waals surface area contributed by atoms with Gasteiger partial charge >= 0.3 is 23.9 Å². The van der Waals surface area contributed by atoms with Gasteiger partial charge in [0.15, 0.2) is 5.60 Å². The molecule has 0 radical (unpaired) electrons. The fourth-order valence-corrected chi connectivity index (χ4v) is 5.99. The van der Waals surface area contributed by atoms with E-state index >= 15 is 0 Å². The molecule has 5 atom stereocenters. The summed E-state index contributed by atoms with van der Waals surface area (Å²) in [6.07, 6.45) is 7.48. The monoisotopic (exact) mass is 406 g/mol. The highest BCUT2D eigenvalue weighted by Gasteiger charge is 2.72. The van der Waals surface area contributed by atoms with E-state index in [2.05, 4.69) is 0 Å². The minimum atomic E-state index is -0.954. The summed E-state index contributed by atoms with van der Waals surface area (Å²) in [6.45, 7) is 0.456. The molecule has 0 saturated carbocycles. The van der Waals surface area contributed by atoms with Crippen LogP contribution in [0.5, 0.6) is 0 Å². The summed E-state index contributed by atoms with van der Waals surface area (Å²) in [5, 5.41) is 8.90. The Balaban J connectivity index is 0.000000125. The molecular formula is C20H22O9. The van der Waals surface area contributed by atoms with Gasteiger partial charge in [-0.3, -0.25) is 19.2 Å². The normalized spacial score (nSPS) is 45.5. The van der Waals surface area contributed by atoms with Gasteiger partial charge < -0.3 is 24.1 Å². The Morgan fingerprint density at radius 3 is 2.59 bits per heavy atom. The molecule has 9 heteroatoms. The molecule has 0 aromatic heterocycles. The fraction of sp³-hybridized carbons (Fsp3) is 0.700. The first-order valence-electron chi connectivity index (χ1n) is 9.90. The highest BCUT2D eigenvalue weighted by Crippen LogP contribution is 2.61. The summed E-state index contributed by atoms with van der Waals surface area (Å²) < 4.78 is 21.1. The van der Waals surface area contributed by atoms with Crippen LogP contribution in [0.1, 0.15) is 44.9 Å². The van der Waals surface area contributed by atoms with Crippen molar-refractivity contribution < 1.29 is 43.2 Å². The topological polar surface area (TPSA) is 125 Å². The average Bonchev–Trinajstić information content (AvgIpc) is 3.41. The van der Waals surface area contributed by atoms with Gasteiger partial charge in [-0.15, -0.1) is 0 Å². The van der Waals surface area contributed by atoms with E-state index in [9.17, 15) is 19.2 Å². The molecule has 5 aliphatic heterocycles. The Labute approximate surface area is 166 Å². The summed E-state index contributed by atoms with van der Waals surface area (Å²) in [6, 6.07) is 0.